The molecule has 3 rings (SSSR count). The van der Waals surface area contributed by atoms with Gasteiger partial charge in [-0.3, -0.25) is 0 Å². The summed E-state index contributed by atoms with van der Waals surface area (Å²) in [4.78, 5) is 4.17. The number of hydrogen-bond donors (Lipinski definition) is 1. The molecule has 0 spiro atoms. The molecule has 1 heterocycles. The SMILES string of the molecule is CC(C)Cc1nc(C#N)c(N/N=C\c2ccc(OCc3ccccc3)cc2)o1. The molecule has 0 radical (unpaired) electrons. The minimum absolute atomic E-state index is 0.206. The van der Waals surface area contributed by atoms with Gasteiger partial charge in [-0.05, 0) is 41.3 Å². The van der Waals surface area contributed by atoms with Gasteiger partial charge in [0.2, 0.25) is 5.69 Å². The van der Waals surface area contributed by atoms with Crippen LogP contribution in [0.4, 0.5) is 5.88 Å². The van der Waals surface area contributed by atoms with Crippen LogP contribution in [0.15, 0.2) is 64.1 Å². The number of hydrazone groups is 1. The zero-order chi connectivity index (χ0) is 19.8. The summed E-state index contributed by atoms with van der Waals surface area (Å²) in [5.74, 6) is 1.97. The first kappa shape index (κ1) is 19.2. The van der Waals surface area contributed by atoms with Crippen molar-refractivity contribution in [3.63, 3.8) is 0 Å². The minimum atomic E-state index is 0.206. The predicted octanol–water partition coefficient (Wildman–Crippen LogP) is 4.77. The Bertz CT molecular complexity index is 954. The third-order valence-electron chi connectivity index (χ3n) is 3.87. The highest BCUT2D eigenvalue weighted by molar-refractivity contribution is 5.80. The summed E-state index contributed by atoms with van der Waals surface area (Å²) in [5.41, 5.74) is 4.97. The molecule has 6 heteroatoms. The Balaban J connectivity index is 1.56. The third-order valence-corrected chi connectivity index (χ3v) is 3.87. The van der Waals surface area contributed by atoms with Gasteiger partial charge in [-0.15, -0.1) is 0 Å². The number of benzene rings is 2. The van der Waals surface area contributed by atoms with Crippen molar-refractivity contribution in [2.24, 2.45) is 11.0 Å². The molecule has 0 atom stereocenters. The molecule has 1 N–H and O–H groups in total. The highest BCUT2D eigenvalue weighted by Gasteiger charge is 2.13. The number of nitriles is 1. The van der Waals surface area contributed by atoms with Crippen LogP contribution in [-0.4, -0.2) is 11.2 Å². The van der Waals surface area contributed by atoms with Gasteiger partial charge < -0.3 is 9.15 Å². The van der Waals surface area contributed by atoms with Crippen LogP contribution in [0.5, 0.6) is 5.75 Å². The average molecular weight is 374 g/mol. The van der Waals surface area contributed by atoms with E-state index in [4.69, 9.17) is 14.4 Å². The van der Waals surface area contributed by atoms with Crippen LogP contribution < -0.4 is 10.2 Å². The van der Waals surface area contributed by atoms with Crippen LogP contribution in [0.2, 0.25) is 0 Å². The van der Waals surface area contributed by atoms with E-state index in [1.165, 1.54) is 0 Å². The monoisotopic (exact) mass is 374 g/mol. The Kier molecular flexibility index (Phi) is 6.42. The second-order valence-corrected chi connectivity index (χ2v) is 6.71. The quantitative estimate of drug-likeness (QED) is 0.453. The molecule has 6 nitrogen and oxygen atoms in total. The van der Waals surface area contributed by atoms with Crippen LogP contribution >= 0.6 is 0 Å². The van der Waals surface area contributed by atoms with E-state index < -0.39 is 0 Å². The normalized spacial score (nSPS) is 10.9. The zero-order valence-corrected chi connectivity index (χ0v) is 15.9. The molecular formula is C22H22N4O2. The predicted molar refractivity (Wildman–Crippen MR) is 108 cm³/mol. The van der Waals surface area contributed by atoms with Gasteiger partial charge in [0.1, 0.15) is 18.4 Å². The molecule has 3 aromatic rings. The summed E-state index contributed by atoms with van der Waals surface area (Å²) in [5, 5.41) is 13.3. The standard InChI is InChI=1S/C22H22N4O2/c1-16(2)12-21-25-20(13-23)22(28-21)26-24-14-17-8-10-19(11-9-17)27-15-18-6-4-3-5-7-18/h3-11,14,16,26H,12,15H2,1-2H3/b24-14-. The fourth-order valence-electron chi connectivity index (χ4n) is 2.51. The number of nitrogens with one attached hydrogen (secondary N) is 1. The van der Waals surface area contributed by atoms with Crippen LogP contribution in [0, 0.1) is 17.2 Å². The van der Waals surface area contributed by atoms with Crippen molar-refractivity contribution < 1.29 is 9.15 Å². The van der Waals surface area contributed by atoms with Gasteiger partial charge in [0.25, 0.3) is 5.88 Å². The molecule has 1 aromatic heterocycles. The summed E-state index contributed by atoms with van der Waals surface area (Å²) in [6.45, 7) is 4.65. The molecular weight excluding hydrogens is 352 g/mol. The van der Waals surface area contributed by atoms with Crippen LogP contribution in [0.25, 0.3) is 0 Å². The van der Waals surface area contributed by atoms with Crippen molar-refractivity contribution >= 4 is 12.1 Å². The van der Waals surface area contributed by atoms with Gasteiger partial charge in [0.05, 0.1) is 6.21 Å². The van der Waals surface area contributed by atoms with Crippen molar-refractivity contribution in [1.82, 2.24) is 4.98 Å². The first-order valence-corrected chi connectivity index (χ1v) is 9.09. The molecule has 28 heavy (non-hydrogen) atoms. The molecule has 0 saturated carbocycles. The molecule has 0 bridgehead atoms. The van der Waals surface area contributed by atoms with Crippen LogP contribution in [0.3, 0.4) is 0 Å². The second-order valence-electron chi connectivity index (χ2n) is 6.71. The Morgan fingerprint density at radius 2 is 1.93 bits per heavy atom. The van der Waals surface area contributed by atoms with Gasteiger partial charge >= 0.3 is 0 Å². The Hall–Kier alpha value is -3.59. The zero-order valence-electron chi connectivity index (χ0n) is 15.9. The van der Waals surface area contributed by atoms with Gasteiger partial charge in [-0.2, -0.15) is 10.4 Å². The number of hydrogen-bond acceptors (Lipinski definition) is 6. The molecule has 0 aliphatic heterocycles. The summed E-state index contributed by atoms with van der Waals surface area (Å²) in [6, 6.07) is 19.6. The first-order valence-electron chi connectivity index (χ1n) is 9.09. The van der Waals surface area contributed by atoms with E-state index in [0.717, 1.165) is 16.9 Å². The molecule has 2 aromatic carbocycles. The van der Waals surface area contributed by atoms with Crippen molar-refractivity contribution in [3.8, 4) is 11.8 Å². The van der Waals surface area contributed by atoms with Crippen molar-refractivity contribution in [2.45, 2.75) is 26.9 Å². The van der Waals surface area contributed by atoms with E-state index in [1.807, 2.05) is 60.7 Å². The largest absolute Gasteiger partial charge is 0.489 e. The van der Waals surface area contributed by atoms with Gasteiger partial charge in [-0.25, -0.2) is 10.4 Å². The van der Waals surface area contributed by atoms with Gasteiger partial charge in [-0.1, -0.05) is 44.2 Å². The van der Waals surface area contributed by atoms with Crippen LogP contribution in [-0.2, 0) is 13.0 Å². The lowest BCUT2D eigenvalue weighted by molar-refractivity contribution is 0.306. The number of nitrogens with zero attached hydrogens (tertiary/aromatic N) is 3. The van der Waals surface area contributed by atoms with Crippen molar-refractivity contribution in [3.05, 3.63) is 77.3 Å². The third kappa shape index (κ3) is 5.45. The fraction of sp³-hybridized carbons (Fsp3) is 0.227. The molecule has 0 aliphatic rings. The van der Waals surface area contributed by atoms with Gasteiger partial charge in [0, 0.05) is 6.42 Å². The maximum atomic E-state index is 9.17. The van der Waals surface area contributed by atoms with E-state index in [1.54, 1.807) is 6.21 Å². The summed E-state index contributed by atoms with van der Waals surface area (Å²) in [7, 11) is 0. The minimum Gasteiger partial charge on any atom is -0.489 e. The summed E-state index contributed by atoms with van der Waals surface area (Å²) < 4.78 is 11.3. The Morgan fingerprint density at radius 1 is 1.18 bits per heavy atom. The summed E-state index contributed by atoms with van der Waals surface area (Å²) >= 11 is 0. The van der Waals surface area contributed by atoms with Crippen molar-refractivity contribution in [1.29, 1.82) is 5.26 Å². The maximum Gasteiger partial charge on any atom is 0.252 e. The highest BCUT2D eigenvalue weighted by Crippen LogP contribution is 2.19. The lowest BCUT2D eigenvalue weighted by atomic mass is 10.1. The average Bonchev–Trinajstić information content (AvgIpc) is 3.09. The molecule has 0 aliphatic carbocycles. The number of rotatable bonds is 8. The lowest BCUT2D eigenvalue weighted by Crippen LogP contribution is -1.95. The molecule has 0 saturated heterocycles. The summed E-state index contributed by atoms with van der Waals surface area (Å²) in [6.07, 6.45) is 2.32. The second kappa shape index (κ2) is 9.38. The first-order chi connectivity index (χ1) is 13.6. The number of ether oxygens (including phenoxy) is 1. The lowest BCUT2D eigenvalue weighted by Gasteiger charge is -2.06. The molecule has 0 amide bonds. The molecule has 0 unspecified atom stereocenters. The number of oxazole rings is 1. The Morgan fingerprint density at radius 3 is 2.61 bits per heavy atom. The fourth-order valence-corrected chi connectivity index (χ4v) is 2.51. The molecule has 142 valence electrons. The van der Waals surface area contributed by atoms with Crippen LogP contribution in [0.1, 0.15) is 36.6 Å². The Labute approximate surface area is 164 Å². The van der Waals surface area contributed by atoms with E-state index >= 15 is 0 Å². The van der Waals surface area contributed by atoms with E-state index in [9.17, 15) is 0 Å². The van der Waals surface area contributed by atoms with E-state index in [2.05, 4.69) is 29.4 Å². The highest BCUT2D eigenvalue weighted by atomic mass is 16.5. The number of aromatic nitrogens is 1. The maximum absolute atomic E-state index is 9.17. The van der Waals surface area contributed by atoms with E-state index in [-0.39, 0.29) is 11.6 Å². The van der Waals surface area contributed by atoms with Gasteiger partial charge in [0.15, 0.2) is 5.89 Å². The van der Waals surface area contributed by atoms with E-state index in [0.29, 0.717) is 24.8 Å². The molecule has 0 fully saturated rings. The smallest absolute Gasteiger partial charge is 0.252 e. The topological polar surface area (TPSA) is 83.4 Å². The number of anilines is 1. The van der Waals surface area contributed by atoms with Crippen molar-refractivity contribution in [2.75, 3.05) is 5.43 Å².